The average molecular weight is 566 g/mol. The normalized spacial score (nSPS) is 28.6. The molecule has 0 aromatic heterocycles. The maximum atomic E-state index is 14.2. The standard InChI is InChI=1S/C32H43N3O6/c1-21-32(30(39)40-5)19-24(17-27(36)33-13-15-34(16-14-33)28(37)23-11-12-23)29(38)35(20-22-9-7-6-8-10-22)25(32)18-26(41-21)31(2,3)4/h6-10,18,21,23-24,26H,11-17,19-20H2,1-5H3/t21-,24+,26-,32+/m1/s1. The fourth-order valence-corrected chi connectivity index (χ4v) is 6.48. The van der Waals surface area contributed by atoms with Crippen molar-refractivity contribution in [1.82, 2.24) is 14.7 Å². The Kier molecular flexibility index (Phi) is 8.03. The molecule has 9 heteroatoms. The lowest BCUT2D eigenvalue weighted by molar-refractivity contribution is -0.180. The Hall–Kier alpha value is -3.20. The number of benzene rings is 1. The van der Waals surface area contributed by atoms with Gasteiger partial charge in [-0.05, 0) is 43.2 Å². The highest BCUT2D eigenvalue weighted by atomic mass is 16.5. The number of hydrogen-bond acceptors (Lipinski definition) is 6. The van der Waals surface area contributed by atoms with Crippen molar-refractivity contribution in [3.05, 3.63) is 47.7 Å². The van der Waals surface area contributed by atoms with Gasteiger partial charge in [-0.25, -0.2) is 0 Å². The molecule has 3 heterocycles. The van der Waals surface area contributed by atoms with Gasteiger partial charge in [-0.3, -0.25) is 19.2 Å². The Morgan fingerprint density at radius 2 is 1.66 bits per heavy atom. The third-order valence-corrected chi connectivity index (χ3v) is 9.16. The summed E-state index contributed by atoms with van der Waals surface area (Å²) in [6.45, 7) is 10.3. The summed E-state index contributed by atoms with van der Waals surface area (Å²) in [5, 5.41) is 0. The molecule has 0 unspecified atom stereocenters. The highest BCUT2D eigenvalue weighted by Crippen LogP contribution is 2.52. The lowest BCUT2D eigenvalue weighted by Crippen LogP contribution is -2.61. The van der Waals surface area contributed by atoms with Crippen LogP contribution in [0.5, 0.6) is 0 Å². The first-order valence-electron chi connectivity index (χ1n) is 14.8. The van der Waals surface area contributed by atoms with Crippen molar-refractivity contribution in [2.24, 2.45) is 22.7 Å². The zero-order chi connectivity index (χ0) is 29.5. The third-order valence-electron chi connectivity index (χ3n) is 9.16. The Labute approximate surface area is 242 Å². The van der Waals surface area contributed by atoms with E-state index >= 15 is 0 Å². The van der Waals surface area contributed by atoms with Crippen LogP contribution in [0.4, 0.5) is 0 Å². The van der Waals surface area contributed by atoms with E-state index in [1.807, 2.05) is 48.2 Å². The topological polar surface area (TPSA) is 96.5 Å². The third kappa shape index (κ3) is 5.65. The van der Waals surface area contributed by atoms with Crippen LogP contribution in [0, 0.1) is 22.7 Å². The van der Waals surface area contributed by atoms with Gasteiger partial charge in [0.05, 0.1) is 25.9 Å². The van der Waals surface area contributed by atoms with Gasteiger partial charge < -0.3 is 24.2 Å². The molecule has 41 heavy (non-hydrogen) atoms. The molecule has 3 aliphatic heterocycles. The molecule has 2 saturated heterocycles. The van der Waals surface area contributed by atoms with Crippen molar-refractivity contribution >= 4 is 23.7 Å². The second-order valence-corrected chi connectivity index (χ2v) is 13.1. The number of ether oxygens (including phenoxy) is 2. The second kappa shape index (κ2) is 11.2. The quantitative estimate of drug-likeness (QED) is 0.491. The SMILES string of the molecule is COC(=O)[C@]12C[C@H](CC(=O)N3CCN(C(=O)C4CC4)CC3)C(=O)N(Cc3ccccc3)C1=C[C@H](C(C)(C)C)O[C@@H]2C. The van der Waals surface area contributed by atoms with Gasteiger partial charge >= 0.3 is 5.97 Å². The van der Waals surface area contributed by atoms with Gasteiger partial charge in [-0.1, -0.05) is 51.1 Å². The Balaban J connectivity index is 1.44. The zero-order valence-electron chi connectivity index (χ0n) is 24.9. The van der Waals surface area contributed by atoms with Crippen LogP contribution in [0.3, 0.4) is 0 Å². The van der Waals surface area contributed by atoms with Gasteiger partial charge in [0.25, 0.3) is 0 Å². The molecule has 1 aromatic carbocycles. The molecule has 0 N–H and O–H groups in total. The van der Waals surface area contributed by atoms with Crippen molar-refractivity contribution in [1.29, 1.82) is 0 Å². The number of fused-ring (bicyclic) bond motifs is 1. The van der Waals surface area contributed by atoms with Crippen LogP contribution in [0.1, 0.15) is 58.9 Å². The summed E-state index contributed by atoms with van der Waals surface area (Å²) >= 11 is 0. The number of likely N-dealkylation sites (tertiary alicyclic amines) is 1. The molecule has 0 spiro atoms. The number of nitrogens with zero attached hydrogens (tertiary/aromatic N) is 3. The summed E-state index contributed by atoms with van der Waals surface area (Å²) in [5.74, 6) is -1.13. The summed E-state index contributed by atoms with van der Waals surface area (Å²) in [6.07, 6.45) is 3.08. The maximum Gasteiger partial charge on any atom is 0.320 e. The molecule has 3 amide bonds. The van der Waals surface area contributed by atoms with Crippen molar-refractivity contribution < 1.29 is 28.7 Å². The monoisotopic (exact) mass is 565 g/mol. The smallest absolute Gasteiger partial charge is 0.320 e. The van der Waals surface area contributed by atoms with Gasteiger partial charge in [0.1, 0.15) is 5.41 Å². The molecule has 4 atom stereocenters. The highest BCUT2D eigenvalue weighted by molar-refractivity contribution is 5.93. The van der Waals surface area contributed by atoms with E-state index in [0.717, 1.165) is 18.4 Å². The van der Waals surface area contributed by atoms with E-state index in [9.17, 15) is 19.2 Å². The van der Waals surface area contributed by atoms with Gasteiger partial charge in [0, 0.05) is 50.1 Å². The number of hydrogen-bond donors (Lipinski definition) is 0. The molecule has 222 valence electrons. The van der Waals surface area contributed by atoms with Crippen LogP contribution in [-0.2, 0) is 35.2 Å². The molecule has 3 fully saturated rings. The number of carbonyl (C=O) groups is 4. The predicted molar refractivity (Wildman–Crippen MR) is 152 cm³/mol. The molecule has 0 bridgehead atoms. The first-order chi connectivity index (χ1) is 19.5. The number of methoxy groups -OCH3 is 1. The summed E-state index contributed by atoms with van der Waals surface area (Å²) < 4.78 is 11.8. The molecular weight excluding hydrogens is 522 g/mol. The number of piperidine rings is 1. The Bertz CT molecular complexity index is 1210. The number of amides is 3. The Morgan fingerprint density at radius 1 is 1.02 bits per heavy atom. The van der Waals surface area contributed by atoms with Crippen LogP contribution in [0.2, 0.25) is 0 Å². The summed E-state index contributed by atoms with van der Waals surface area (Å²) in [7, 11) is 1.36. The maximum absolute atomic E-state index is 14.2. The van der Waals surface area contributed by atoms with Crippen molar-refractivity contribution in [2.75, 3.05) is 33.3 Å². The molecule has 4 aliphatic rings. The van der Waals surface area contributed by atoms with E-state index in [-0.39, 0.29) is 54.5 Å². The van der Waals surface area contributed by atoms with Crippen LogP contribution >= 0.6 is 0 Å². The first-order valence-corrected chi connectivity index (χ1v) is 14.8. The largest absolute Gasteiger partial charge is 0.468 e. The van der Waals surface area contributed by atoms with Gasteiger partial charge in [0.15, 0.2) is 0 Å². The fourth-order valence-electron chi connectivity index (χ4n) is 6.48. The molecule has 9 nitrogen and oxygen atoms in total. The van der Waals surface area contributed by atoms with Crippen LogP contribution in [0.25, 0.3) is 0 Å². The minimum Gasteiger partial charge on any atom is -0.468 e. The summed E-state index contributed by atoms with van der Waals surface area (Å²) in [6, 6.07) is 9.67. The van der Waals surface area contributed by atoms with E-state index in [2.05, 4.69) is 20.8 Å². The highest BCUT2D eigenvalue weighted by Gasteiger charge is 2.60. The summed E-state index contributed by atoms with van der Waals surface area (Å²) in [5.41, 5.74) is 0.0450. The van der Waals surface area contributed by atoms with Crippen molar-refractivity contribution in [3.8, 4) is 0 Å². The average Bonchev–Trinajstić information content (AvgIpc) is 3.80. The predicted octanol–water partition coefficient (Wildman–Crippen LogP) is 3.38. The Morgan fingerprint density at radius 3 is 2.24 bits per heavy atom. The molecular formula is C32H43N3O6. The van der Waals surface area contributed by atoms with Crippen LogP contribution in [-0.4, -0.2) is 83.9 Å². The zero-order valence-corrected chi connectivity index (χ0v) is 24.9. The number of carbonyl (C=O) groups excluding carboxylic acids is 4. The molecule has 5 rings (SSSR count). The minimum atomic E-state index is -1.22. The fraction of sp³-hybridized carbons (Fsp3) is 0.625. The lowest BCUT2D eigenvalue weighted by Gasteiger charge is -2.53. The summed E-state index contributed by atoms with van der Waals surface area (Å²) in [4.78, 5) is 59.2. The molecule has 1 aromatic rings. The van der Waals surface area contributed by atoms with Gasteiger partial charge in [-0.2, -0.15) is 0 Å². The van der Waals surface area contributed by atoms with E-state index in [4.69, 9.17) is 9.47 Å². The molecule has 1 saturated carbocycles. The van der Waals surface area contributed by atoms with E-state index < -0.39 is 23.4 Å². The van der Waals surface area contributed by atoms with E-state index in [1.165, 1.54) is 7.11 Å². The van der Waals surface area contributed by atoms with Crippen LogP contribution < -0.4 is 0 Å². The molecule has 0 radical (unpaired) electrons. The molecule has 1 aliphatic carbocycles. The van der Waals surface area contributed by atoms with Crippen molar-refractivity contribution in [3.63, 3.8) is 0 Å². The second-order valence-electron chi connectivity index (χ2n) is 13.1. The van der Waals surface area contributed by atoms with E-state index in [1.54, 1.807) is 9.80 Å². The van der Waals surface area contributed by atoms with Gasteiger partial charge in [0.2, 0.25) is 17.7 Å². The van der Waals surface area contributed by atoms with E-state index in [0.29, 0.717) is 31.9 Å². The number of esters is 1. The lowest BCUT2D eigenvalue weighted by atomic mass is 9.65. The number of piperazine rings is 1. The van der Waals surface area contributed by atoms with Gasteiger partial charge in [-0.15, -0.1) is 0 Å². The minimum absolute atomic E-state index is 0.0118. The number of rotatable bonds is 6. The van der Waals surface area contributed by atoms with Crippen LogP contribution in [0.15, 0.2) is 42.1 Å². The first kappa shape index (κ1) is 29.3. The van der Waals surface area contributed by atoms with Crippen molar-refractivity contribution in [2.45, 2.75) is 72.1 Å².